The second-order valence-corrected chi connectivity index (χ2v) is 7.62. The molecule has 0 bridgehead atoms. The first-order valence-corrected chi connectivity index (χ1v) is 10.8. The fourth-order valence-corrected chi connectivity index (χ4v) is 3.85. The van der Waals surface area contributed by atoms with Crippen LogP contribution in [0.1, 0.15) is 12.1 Å². The minimum Gasteiger partial charge on any atom is -0.497 e. The number of hydrogen-bond acceptors (Lipinski definition) is 7. The van der Waals surface area contributed by atoms with Gasteiger partial charge >= 0.3 is 0 Å². The zero-order valence-corrected chi connectivity index (χ0v) is 17.7. The molecular formula is C20H29N5O2S. The van der Waals surface area contributed by atoms with Crippen molar-refractivity contribution in [1.82, 2.24) is 19.2 Å². The summed E-state index contributed by atoms with van der Waals surface area (Å²) in [6, 6.07) is 7.57. The third-order valence-electron chi connectivity index (χ3n) is 4.94. The lowest BCUT2D eigenvalue weighted by molar-refractivity contribution is 0.414. The van der Waals surface area contributed by atoms with E-state index in [-0.39, 0.29) is 5.56 Å². The molecule has 1 aliphatic heterocycles. The van der Waals surface area contributed by atoms with E-state index in [0.717, 1.165) is 62.7 Å². The summed E-state index contributed by atoms with van der Waals surface area (Å²) in [5.41, 5.74) is 1.69. The predicted octanol–water partition coefficient (Wildman–Crippen LogP) is 1.79. The van der Waals surface area contributed by atoms with Crippen LogP contribution in [0.5, 0.6) is 5.75 Å². The van der Waals surface area contributed by atoms with Gasteiger partial charge in [-0.1, -0.05) is 11.9 Å². The Bertz CT molecular complexity index is 816. The number of methoxy groups -OCH3 is 1. The second-order valence-electron chi connectivity index (χ2n) is 6.73. The summed E-state index contributed by atoms with van der Waals surface area (Å²) in [4.78, 5) is 20.1. The van der Waals surface area contributed by atoms with Crippen molar-refractivity contribution in [3.05, 3.63) is 46.5 Å². The number of rotatable bonds is 8. The van der Waals surface area contributed by atoms with E-state index in [1.165, 1.54) is 0 Å². The standard InChI is InChI=1S/C20H29N5O2S/c1-21-10-4-5-16-15-25(17-6-8-18(27-2)9-7-17)20(26)19(22-16)23-11-13-24(28-3)14-12-23/h6-9,15,21H,4-5,10-14H2,1-3H3. The lowest BCUT2D eigenvalue weighted by atomic mass is 10.2. The smallest absolute Gasteiger partial charge is 0.298 e. The van der Waals surface area contributed by atoms with Crippen LogP contribution >= 0.6 is 11.9 Å². The summed E-state index contributed by atoms with van der Waals surface area (Å²) in [7, 11) is 3.59. The van der Waals surface area contributed by atoms with E-state index in [2.05, 4.69) is 20.8 Å². The van der Waals surface area contributed by atoms with Gasteiger partial charge in [0.1, 0.15) is 5.75 Å². The first kappa shape index (κ1) is 20.7. The maximum Gasteiger partial charge on any atom is 0.298 e. The summed E-state index contributed by atoms with van der Waals surface area (Å²) < 4.78 is 9.28. The Labute approximate surface area is 170 Å². The fourth-order valence-electron chi connectivity index (χ4n) is 3.32. The van der Waals surface area contributed by atoms with E-state index >= 15 is 0 Å². The highest BCUT2D eigenvalue weighted by molar-refractivity contribution is 7.96. The van der Waals surface area contributed by atoms with Gasteiger partial charge in [-0.2, -0.15) is 0 Å². The van der Waals surface area contributed by atoms with E-state index in [4.69, 9.17) is 9.72 Å². The molecule has 2 aromatic rings. The Hall–Kier alpha value is -2.03. The number of benzene rings is 1. The molecule has 0 amide bonds. The van der Waals surface area contributed by atoms with E-state index in [1.54, 1.807) is 23.6 Å². The van der Waals surface area contributed by atoms with Gasteiger partial charge in [0.25, 0.3) is 5.56 Å². The molecule has 1 aromatic carbocycles. The minimum atomic E-state index is -0.0693. The summed E-state index contributed by atoms with van der Waals surface area (Å²) in [5.74, 6) is 1.33. The monoisotopic (exact) mass is 403 g/mol. The summed E-state index contributed by atoms with van der Waals surface area (Å²) in [6.07, 6.45) is 5.77. The molecule has 0 atom stereocenters. The highest BCUT2D eigenvalue weighted by Crippen LogP contribution is 2.18. The molecule has 1 saturated heterocycles. The number of anilines is 1. The van der Waals surface area contributed by atoms with Crippen molar-refractivity contribution in [2.75, 3.05) is 58.0 Å². The molecule has 1 aromatic heterocycles. The molecule has 2 heterocycles. The first-order valence-electron chi connectivity index (χ1n) is 9.62. The Morgan fingerprint density at radius 1 is 1.18 bits per heavy atom. The predicted molar refractivity (Wildman–Crippen MR) is 116 cm³/mol. The van der Waals surface area contributed by atoms with E-state index in [0.29, 0.717) is 5.82 Å². The third-order valence-corrected chi connectivity index (χ3v) is 5.83. The average molecular weight is 404 g/mol. The van der Waals surface area contributed by atoms with Crippen LogP contribution in [0.25, 0.3) is 5.69 Å². The van der Waals surface area contributed by atoms with Gasteiger partial charge in [0.15, 0.2) is 5.82 Å². The highest BCUT2D eigenvalue weighted by Gasteiger charge is 2.22. The van der Waals surface area contributed by atoms with Crippen LogP contribution in [0.2, 0.25) is 0 Å². The summed E-state index contributed by atoms with van der Waals surface area (Å²) >= 11 is 1.75. The molecule has 0 unspecified atom stereocenters. The molecule has 0 radical (unpaired) electrons. The zero-order chi connectivity index (χ0) is 19.9. The number of hydrogen-bond donors (Lipinski definition) is 1. The molecule has 152 valence electrons. The Balaban J connectivity index is 1.95. The van der Waals surface area contributed by atoms with Gasteiger partial charge < -0.3 is 15.0 Å². The van der Waals surface area contributed by atoms with Crippen LogP contribution in [0.3, 0.4) is 0 Å². The normalized spacial score (nSPS) is 15.0. The van der Waals surface area contributed by atoms with Crippen molar-refractivity contribution in [2.45, 2.75) is 12.8 Å². The van der Waals surface area contributed by atoms with E-state index in [9.17, 15) is 4.79 Å². The van der Waals surface area contributed by atoms with Crippen LogP contribution < -0.4 is 20.5 Å². The van der Waals surface area contributed by atoms with Crippen molar-refractivity contribution >= 4 is 17.8 Å². The molecular weight excluding hydrogens is 374 g/mol. The number of aromatic nitrogens is 2. The average Bonchev–Trinajstić information content (AvgIpc) is 2.75. The van der Waals surface area contributed by atoms with E-state index < -0.39 is 0 Å². The zero-order valence-electron chi connectivity index (χ0n) is 16.9. The molecule has 28 heavy (non-hydrogen) atoms. The van der Waals surface area contributed by atoms with Crippen LogP contribution in [0.4, 0.5) is 5.82 Å². The maximum absolute atomic E-state index is 13.3. The van der Waals surface area contributed by atoms with Gasteiger partial charge in [0, 0.05) is 38.1 Å². The lowest BCUT2D eigenvalue weighted by Crippen LogP contribution is -2.46. The largest absolute Gasteiger partial charge is 0.497 e. The number of nitrogens with zero attached hydrogens (tertiary/aromatic N) is 4. The molecule has 0 spiro atoms. The number of aryl methyl sites for hydroxylation is 1. The van der Waals surface area contributed by atoms with Crippen LogP contribution in [-0.4, -0.2) is 67.0 Å². The van der Waals surface area contributed by atoms with E-state index in [1.807, 2.05) is 37.5 Å². The van der Waals surface area contributed by atoms with Gasteiger partial charge in [-0.25, -0.2) is 9.29 Å². The molecule has 1 fully saturated rings. The molecule has 1 aliphatic rings. The molecule has 7 nitrogen and oxygen atoms in total. The number of piperazine rings is 1. The van der Waals surface area contributed by atoms with Crippen molar-refractivity contribution in [2.24, 2.45) is 0 Å². The van der Waals surface area contributed by atoms with Crippen molar-refractivity contribution in [3.63, 3.8) is 0 Å². The highest BCUT2D eigenvalue weighted by atomic mass is 32.2. The van der Waals surface area contributed by atoms with Crippen molar-refractivity contribution in [3.8, 4) is 11.4 Å². The van der Waals surface area contributed by atoms with Gasteiger partial charge in [-0.05, 0) is 57.0 Å². The number of ether oxygens (including phenoxy) is 1. The van der Waals surface area contributed by atoms with Crippen LogP contribution in [0.15, 0.2) is 35.3 Å². The summed E-state index contributed by atoms with van der Waals surface area (Å²) in [6.45, 7) is 4.39. The minimum absolute atomic E-state index is 0.0693. The number of nitrogens with one attached hydrogen (secondary N) is 1. The van der Waals surface area contributed by atoms with Gasteiger partial charge in [0.2, 0.25) is 0 Å². The van der Waals surface area contributed by atoms with Crippen LogP contribution in [0, 0.1) is 0 Å². The lowest BCUT2D eigenvalue weighted by Gasteiger charge is -2.33. The first-order chi connectivity index (χ1) is 13.7. The SMILES string of the molecule is CNCCCc1cn(-c2ccc(OC)cc2)c(=O)c(N2CCN(SC)CC2)n1. The molecule has 0 saturated carbocycles. The Morgan fingerprint density at radius 3 is 2.50 bits per heavy atom. The quantitative estimate of drug-likeness (QED) is 0.533. The van der Waals surface area contributed by atoms with Crippen molar-refractivity contribution in [1.29, 1.82) is 0 Å². The topological polar surface area (TPSA) is 62.6 Å². The summed E-state index contributed by atoms with van der Waals surface area (Å²) in [5, 5.41) is 3.17. The van der Waals surface area contributed by atoms with Crippen molar-refractivity contribution < 1.29 is 4.74 Å². The third kappa shape index (κ3) is 4.87. The van der Waals surface area contributed by atoms with Gasteiger partial charge in [-0.3, -0.25) is 9.36 Å². The molecule has 1 N–H and O–H groups in total. The fraction of sp³-hybridized carbons (Fsp3) is 0.500. The molecule has 3 rings (SSSR count). The van der Waals surface area contributed by atoms with Gasteiger partial charge in [0.05, 0.1) is 12.8 Å². The van der Waals surface area contributed by atoms with Crippen LogP contribution in [-0.2, 0) is 6.42 Å². The Kier molecular flexibility index (Phi) is 7.36. The second kappa shape index (κ2) is 9.95. The maximum atomic E-state index is 13.3. The molecule has 8 heteroatoms. The molecule has 0 aliphatic carbocycles. The Morgan fingerprint density at radius 2 is 1.89 bits per heavy atom. The van der Waals surface area contributed by atoms with Gasteiger partial charge in [-0.15, -0.1) is 0 Å².